The van der Waals surface area contributed by atoms with E-state index in [0.29, 0.717) is 0 Å². The van der Waals surface area contributed by atoms with Gasteiger partial charge in [-0.05, 0) is 0 Å². The van der Waals surface area contributed by atoms with Gasteiger partial charge in [0.05, 0.1) is 0 Å². The Hall–Kier alpha value is 0.910. The largest absolute Gasteiger partial charge is 0.453 e. The average Bonchev–Trinajstić information content (AvgIpc) is 1.81. The zero-order chi connectivity index (χ0) is 11.1. The Kier molecular flexibility index (Phi) is 4.08. The van der Waals surface area contributed by atoms with Crippen LogP contribution in [0.4, 0.5) is 13.2 Å². The van der Waals surface area contributed by atoms with Crippen LogP contribution in [0.5, 0.6) is 0 Å². The smallest absolute Gasteiger partial charge is 0.286 e. The number of rotatable bonds is 1. The third-order valence-electron chi connectivity index (χ3n) is 0.899. The first-order valence-electron chi connectivity index (χ1n) is 2.47. The lowest BCUT2D eigenvalue weighted by Crippen LogP contribution is -2.47. The van der Waals surface area contributed by atoms with Crippen LogP contribution in [0.25, 0.3) is 0 Å². The van der Waals surface area contributed by atoms with E-state index in [0.717, 1.165) is 0 Å². The van der Waals surface area contributed by atoms with Gasteiger partial charge in [-0.25, -0.2) is 0 Å². The van der Waals surface area contributed by atoms with Gasteiger partial charge >= 0.3 is 6.18 Å². The minimum atomic E-state index is -5.26. The summed E-state index contributed by atoms with van der Waals surface area (Å²) < 4.78 is 29.5. The van der Waals surface area contributed by atoms with Crippen molar-refractivity contribution >= 4 is 63.8 Å². The van der Waals surface area contributed by atoms with E-state index in [1.54, 1.807) is 0 Å². The number of hydrogen-bond acceptors (Lipinski definition) is 1. The molecule has 0 spiro atoms. The van der Waals surface area contributed by atoms with Gasteiger partial charge in [-0.3, -0.25) is 4.79 Å². The topological polar surface area (TPSA) is 17.1 Å². The number of Topliss-reactive ketones (excluding diaryl/α,β-unsaturated/α-hetero) is 1. The summed E-state index contributed by atoms with van der Waals surface area (Å²) in [5.74, 6) is -2.52. The van der Waals surface area contributed by atoms with Gasteiger partial charge in [-0.1, -0.05) is 58.0 Å². The van der Waals surface area contributed by atoms with E-state index in [1.807, 2.05) is 0 Å². The zero-order valence-corrected chi connectivity index (χ0v) is 9.21. The van der Waals surface area contributed by atoms with E-state index < -0.39 is 20.1 Å². The first-order chi connectivity index (χ1) is 5.40. The Labute approximate surface area is 96.0 Å². The summed E-state index contributed by atoms with van der Waals surface area (Å²) in [5, 5.41) is 0. The summed E-state index contributed by atoms with van der Waals surface area (Å²) in [7, 11) is 0. The maximum absolute atomic E-state index is 11.8. The van der Waals surface area contributed by atoms with Gasteiger partial charge < -0.3 is 0 Å². The monoisotopic (exact) mass is 296 g/mol. The van der Waals surface area contributed by atoms with Crippen molar-refractivity contribution in [3.63, 3.8) is 0 Å². The number of carbonyl (C=O) groups excluding carboxylic acids is 1. The normalized spacial score (nSPS) is 14.5. The maximum Gasteiger partial charge on any atom is 0.453 e. The quantitative estimate of drug-likeness (QED) is 0.675. The lowest BCUT2D eigenvalue weighted by atomic mass is 10.3. The second-order valence-electron chi connectivity index (χ2n) is 1.90. The van der Waals surface area contributed by atoms with Gasteiger partial charge in [0, 0.05) is 0 Å². The van der Waals surface area contributed by atoms with Crippen molar-refractivity contribution in [1.29, 1.82) is 0 Å². The van der Waals surface area contributed by atoms with Crippen LogP contribution >= 0.6 is 58.0 Å². The summed E-state index contributed by atoms with van der Waals surface area (Å²) in [6, 6.07) is 0. The van der Waals surface area contributed by atoms with E-state index in [9.17, 15) is 18.0 Å². The number of carbonyl (C=O) groups is 1. The molecule has 0 amide bonds. The highest BCUT2D eigenvalue weighted by Gasteiger charge is 2.61. The van der Waals surface area contributed by atoms with Crippen molar-refractivity contribution < 1.29 is 18.0 Å². The summed E-state index contributed by atoms with van der Waals surface area (Å²) in [6.07, 6.45) is -5.26. The second kappa shape index (κ2) is 3.81. The SMILES string of the molecule is O=C(C(F)(F)F)C(Cl)(Cl)C(Cl)(Cl)Cl. The van der Waals surface area contributed by atoms with E-state index >= 15 is 0 Å². The standard InChI is InChI=1S/C4Cl5F3O/c5-2(6,4(7,8)9)1(13)3(10,11)12. The Morgan fingerprint density at radius 3 is 1.31 bits per heavy atom. The summed E-state index contributed by atoms with van der Waals surface area (Å²) in [4.78, 5) is 10.5. The van der Waals surface area contributed by atoms with E-state index in [1.165, 1.54) is 0 Å². The Bertz CT molecular complexity index is 217. The first kappa shape index (κ1) is 13.9. The maximum atomic E-state index is 11.8. The molecule has 0 aliphatic heterocycles. The van der Waals surface area contributed by atoms with Crippen LogP contribution in [0, 0.1) is 0 Å². The van der Waals surface area contributed by atoms with Crippen LogP contribution in [0.1, 0.15) is 0 Å². The molecule has 0 bridgehead atoms. The van der Waals surface area contributed by atoms with Crippen molar-refractivity contribution in [2.75, 3.05) is 0 Å². The molecular weight excluding hydrogens is 298 g/mol. The minimum Gasteiger partial charge on any atom is -0.286 e. The molecule has 0 atom stereocenters. The first-order valence-corrected chi connectivity index (χ1v) is 4.36. The van der Waals surface area contributed by atoms with Crippen LogP contribution in [0.3, 0.4) is 0 Å². The van der Waals surface area contributed by atoms with Crippen molar-refractivity contribution in [3.05, 3.63) is 0 Å². The van der Waals surface area contributed by atoms with Gasteiger partial charge in [0.15, 0.2) is 0 Å². The molecule has 0 aliphatic carbocycles. The van der Waals surface area contributed by atoms with Gasteiger partial charge in [-0.2, -0.15) is 13.2 Å². The molecule has 0 saturated carbocycles. The zero-order valence-electron chi connectivity index (χ0n) is 5.43. The van der Waals surface area contributed by atoms with Crippen LogP contribution in [0.2, 0.25) is 0 Å². The lowest BCUT2D eigenvalue weighted by molar-refractivity contribution is -0.171. The Morgan fingerprint density at radius 1 is 0.923 bits per heavy atom. The minimum absolute atomic E-state index is 2.52. The fourth-order valence-corrected chi connectivity index (χ4v) is 0.778. The molecule has 0 fully saturated rings. The van der Waals surface area contributed by atoms with Crippen molar-refractivity contribution in [1.82, 2.24) is 0 Å². The number of hydrogen-bond donors (Lipinski definition) is 0. The fourth-order valence-electron chi connectivity index (χ4n) is 0.307. The number of ketones is 1. The molecule has 9 heteroatoms. The molecule has 78 valence electrons. The summed E-state index contributed by atoms with van der Waals surface area (Å²) in [5.41, 5.74) is 0. The fraction of sp³-hybridized carbons (Fsp3) is 0.750. The molecule has 0 rings (SSSR count). The molecule has 13 heavy (non-hydrogen) atoms. The number of alkyl halides is 8. The van der Waals surface area contributed by atoms with Gasteiger partial charge in [0.1, 0.15) is 0 Å². The van der Waals surface area contributed by atoms with Crippen LogP contribution in [0.15, 0.2) is 0 Å². The Balaban J connectivity index is 4.98. The Morgan fingerprint density at radius 2 is 1.23 bits per heavy atom. The molecule has 0 unspecified atom stereocenters. The predicted octanol–water partition coefficient (Wildman–Crippen LogP) is 3.66. The van der Waals surface area contributed by atoms with Crippen LogP contribution in [-0.4, -0.2) is 20.1 Å². The molecule has 0 aromatic carbocycles. The molecule has 0 aromatic heterocycles. The predicted molar refractivity (Wildman–Crippen MR) is 45.8 cm³/mol. The van der Waals surface area contributed by atoms with Crippen molar-refractivity contribution in [2.45, 2.75) is 14.3 Å². The van der Waals surface area contributed by atoms with E-state index in [-0.39, 0.29) is 0 Å². The van der Waals surface area contributed by atoms with Crippen LogP contribution in [-0.2, 0) is 4.79 Å². The van der Waals surface area contributed by atoms with E-state index in [2.05, 4.69) is 0 Å². The van der Waals surface area contributed by atoms with Gasteiger partial charge in [-0.15, -0.1) is 0 Å². The van der Waals surface area contributed by atoms with Crippen molar-refractivity contribution in [3.8, 4) is 0 Å². The van der Waals surface area contributed by atoms with Gasteiger partial charge in [0.2, 0.25) is 8.13 Å². The third kappa shape index (κ3) is 3.20. The van der Waals surface area contributed by atoms with E-state index in [4.69, 9.17) is 58.0 Å². The molecular formula is C4Cl5F3O. The molecule has 0 heterocycles. The second-order valence-corrected chi connectivity index (χ2v) is 5.51. The molecule has 0 radical (unpaired) electrons. The molecule has 1 nitrogen and oxygen atoms in total. The number of halogens is 8. The van der Waals surface area contributed by atoms with Crippen LogP contribution < -0.4 is 0 Å². The molecule has 0 aromatic rings. The average molecular weight is 298 g/mol. The molecule has 0 aliphatic rings. The van der Waals surface area contributed by atoms with Crippen molar-refractivity contribution in [2.24, 2.45) is 0 Å². The van der Waals surface area contributed by atoms with Gasteiger partial charge in [0.25, 0.3) is 5.78 Å². The summed E-state index contributed by atoms with van der Waals surface area (Å²) >= 11 is 24.8. The molecule has 0 saturated heterocycles. The highest BCUT2D eigenvalue weighted by Crippen LogP contribution is 2.49. The lowest BCUT2D eigenvalue weighted by Gasteiger charge is -2.26. The highest BCUT2D eigenvalue weighted by atomic mass is 35.6. The molecule has 0 N–H and O–H groups in total. The summed E-state index contributed by atoms with van der Waals surface area (Å²) in [6.45, 7) is 0. The highest BCUT2D eigenvalue weighted by molar-refractivity contribution is 6.79. The third-order valence-corrected chi connectivity index (χ3v) is 3.24.